The Hall–Kier alpha value is -2.40. The van der Waals surface area contributed by atoms with E-state index in [1.165, 1.54) is 18.2 Å². The molecule has 0 aromatic heterocycles. The van der Waals surface area contributed by atoms with Crippen molar-refractivity contribution in [3.63, 3.8) is 0 Å². The molecule has 2 aromatic carbocycles. The molecule has 5 heteroatoms. The zero-order valence-corrected chi connectivity index (χ0v) is 14.7. The van der Waals surface area contributed by atoms with Gasteiger partial charge < -0.3 is 0 Å². The summed E-state index contributed by atoms with van der Waals surface area (Å²) in [7, 11) is -3.97. The van der Waals surface area contributed by atoms with Gasteiger partial charge in [-0.1, -0.05) is 55.3 Å². The highest BCUT2D eigenvalue weighted by molar-refractivity contribution is 7.93. The van der Waals surface area contributed by atoms with Crippen LogP contribution in [0, 0.1) is 6.92 Å². The monoisotopic (exact) mass is 343 g/mol. The van der Waals surface area contributed by atoms with Crippen molar-refractivity contribution in [2.24, 2.45) is 0 Å². The Morgan fingerprint density at radius 2 is 1.67 bits per heavy atom. The number of hydrogen-bond acceptors (Lipinski definition) is 3. The molecular weight excluding hydrogens is 322 g/mol. The molecule has 0 N–H and O–H groups in total. The molecule has 0 aliphatic carbocycles. The van der Waals surface area contributed by atoms with Crippen molar-refractivity contribution < 1.29 is 13.2 Å². The van der Waals surface area contributed by atoms with Crippen LogP contribution < -0.4 is 4.31 Å². The lowest BCUT2D eigenvalue weighted by Gasteiger charge is -2.21. The molecule has 0 radical (unpaired) electrons. The molecule has 0 saturated carbocycles. The van der Waals surface area contributed by atoms with Crippen molar-refractivity contribution in [2.75, 3.05) is 4.31 Å². The van der Waals surface area contributed by atoms with E-state index in [2.05, 4.69) is 0 Å². The third-order valence-electron chi connectivity index (χ3n) is 3.47. The van der Waals surface area contributed by atoms with E-state index in [4.69, 9.17) is 0 Å². The smallest absolute Gasteiger partial charge is 0.268 e. The summed E-state index contributed by atoms with van der Waals surface area (Å²) in [5, 5.41) is 0. The summed E-state index contributed by atoms with van der Waals surface area (Å²) in [6.07, 6.45) is 4.63. The van der Waals surface area contributed by atoms with Gasteiger partial charge in [-0.2, -0.15) is 4.31 Å². The van der Waals surface area contributed by atoms with Crippen LogP contribution in [0.25, 0.3) is 0 Å². The van der Waals surface area contributed by atoms with Gasteiger partial charge in [0.25, 0.3) is 15.9 Å². The maximum Gasteiger partial charge on any atom is 0.271 e. The number of para-hydroxylation sites is 1. The topological polar surface area (TPSA) is 54.5 Å². The molecule has 2 aromatic rings. The van der Waals surface area contributed by atoms with E-state index >= 15 is 0 Å². The Balaban J connectivity index is 2.49. The zero-order chi connectivity index (χ0) is 17.6. The lowest BCUT2D eigenvalue weighted by molar-refractivity contribution is -0.113. The fraction of sp³-hybridized carbons (Fsp3) is 0.211. The number of hydrogen-bond donors (Lipinski definition) is 0. The summed E-state index contributed by atoms with van der Waals surface area (Å²) in [5.41, 5.74) is 1.28. The van der Waals surface area contributed by atoms with E-state index in [-0.39, 0.29) is 4.90 Å². The Labute approximate surface area is 143 Å². The molecule has 0 heterocycles. The number of carbonyl (C=O) groups is 1. The van der Waals surface area contributed by atoms with Gasteiger partial charge in [0.15, 0.2) is 0 Å². The predicted octanol–water partition coefficient (Wildman–Crippen LogP) is 4.07. The maximum atomic E-state index is 13.0. The lowest BCUT2D eigenvalue weighted by Crippen LogP contribution is -2.35. The zero-order valence-electron chi connectivity index (χ0n) is 13.8. The van der Waals surface area contributed by atoms with E-state index in [0.717, 1.165) is 22.7 Å². The standard InChI is InChI=1S/C19H21NO3S/c1-3-4-6-11-19(21)20(17-9-7-5-8-10-17)24(22,23)18-14-12-16(2)13-15-18/h5-15H,3-4H2,1-2H3/b11-6+. The van der Waals surface area contributed by atoms with Gasteiger partial charge in [-0.3, -0.25) is 4.79 Å². The van der Waals surface area contributed by atoms with Crippen LogP contribution in [0.4, 0.5) is 5.69 Å². The number of aryl methyl sites for hydroxylation is 1. The molecule has 0 atom stereocenters. The lowest BCUT2D eigenvalue weighted by atomic mass is 10.2. The third-order valence-corrected chi connectivity index (χ3v) is 5.21. The first-order valence-electron chi connectivity index (χ1n) is 7.84. The van der Waals surface area contributed by atoms with Gasteiger partial charge >= 0.3 is 0 Å². The Morgan fingerprint density at radius 1 is 1.04 bits per heavy atom. The number of carbonyl (C=O) groups excluding carboxylic acids is 1. The van der Waals surface area contributed by atoms with E-state index in [1.807, 2.05) is 13.8 Å². The van der Waals surface area contributed by atoms with Gasteiger partial charge in [0, 0.05) is 6.08 Å². The molecule has 0 aliphatic heterocycles. The van der Waals surface area contributed by atoms with Crippen LogP contribution in [0.5, 0.6) is 0 Å². The number of allylic oxidation sites excluding steroid dienone is 1. The minimum Gasteiger partial charge on any atom is -0.268 e. The Bertz CT molecular complexity index is 809. The number of sulfonamides is 1. The molecule has 0 unspecified atom stereocenters. The Morgan fingerprint density at radius 3 is 2.25 bits per heavy atom. The molecule has 126 valence electrons. The minimum absolute atomic E-state index is 0.0918. The average Bonchev–Trinajstić information content (AvgIpc) is 2.56. The van der Waals surface area contributed by atoms with Crippen LogP contribution in [-0.2, 0) is 14.8 Å². The molecular formula is C19H21NO3S. The summed E-state index contributed by atoms with van der Waals surface area (Å²) in [6, 6.07) is 14.9. The molecule has 0 spiro atoms. The fourth-order valence-electron chi connectivity index (χ4n) is 2.18. The average molecular weight is 343 g/mol. The minimum atomic E-state index is -3.97. The molecule has 4 nitrogen and oxygen atoms in total. The van der Waals surface area contributed by atoms with Crippen LogP contribution in [0.2, 0.25) is 0 Å². The molecule has 0 bridgehead atoms. The fourth-order valence-corrected chi connectivity index (χ4v) is 3.57. The van der Waals surface area contributed by atoms with Gasteiger partial charge in [-0.15, -0.1) is 0 Å². The number of amides is 1. The van der Waals surface area contributed by atoms with E-state index in [9.17, 15) is 13.2 Å². The SMILES string of the molecule is CCC/C=C/C(=O)N(c1ccccc1)S(=O)(=O)c1ccc(C)cc1. The van der Waals surface area contributed by atoms with Crippen LogP contribution in [-0.4, -0.2) is 14.3 Å². The van der Waals surface area contributed by atoms with Crippen LogP contribution >= 0.6 is 0 Å². The molecule has 2 rings (SSSR count). The first-order valence-corrected chi connectivity index (χ1v) is 9.28. The largest absolute Gasteiger partial charge is 0.271 e. The van der Waals surface area contributed by atoms with Crippen molar-refractivity contribution in [3.05, 3.63) is 72.3 Å². The predicted molar refractivity (Wildman–Crippen MR) is 96.3 cm³/mol. The van der Waals surface area contributed by atoms with Crippen molar-refractivity contribution in [1.29, 1.82) is 0 Å². The molecule has 24 heavy (non-hydrogen) atoms. The second-order valence-electron chi connectivity index (χ2n) is 5.45. The Kier molecular flexibility index (Phi) is 5.93. The summed E-state index contributed by atoms with van der Waals surface area (Å²) >= 11 is 0. The summed E-state index contributed by atoms with van der Waals surface area (Å²) in [5.74, 6) is -0.574. The number of unbranched alkanes of at least 4 members (excludes halogenated alkanes) is 1. The summed E-state index contributed by atoms with van der Waals surface area (Å²) in [6.45, 7) is 3.87. The van der Waals surface area contributed by atoms with E-state index in [1.54, 1.807) is 48.5 Å². The normalized spacial score (nSPS) is 11.6. The first-order chi connectivity index (χ1) is 11.5. The molecule has 0 saturated heterocycles. The van der Waals surface area contributed by atoms with Crippen LogP contribution in [0.15, 0.2) is 71.6 Å². The first kappa shape index (κ1) is 17.9. The van der Waals surface area contributed by atoms with Gasteiger partial charge in [0.05, 0.1) is 10.6 Å². The van der Waals surface area contributed by atoms with E-state index in [0.29, 0.717) is 5.69 Å². The van der Waals surface area contributed by atoms with Gasteiger partial charge in [-0.25, -0.2) is 8.42 Å². The highest BCUT2D eigenvalue weighted by Crippen LogP contribution is 2.24. The number of nitrogens with zero attached hydrogens (tertiary/aromatic N) is 1. The highest BCUT2D eigenvalue weighted by atomic mass is 32.2. The number of rotatable bonds is 6. The molecule has 1 amide bonds. The highest BCUT2D eigenvalue weighted by Gasteiger charge is 2.29. The summed E-state index contributed by atoms with van der Waals surface area (Å²) in [4.78, 5) is 12.7. The molecule has 0 fully saturated rings. The second-order valence-corrected chi connectivity index (χ2v) is 7.23. The van der Waals surface area contributed by atoms with Gasteiger partial charge in [0.2, 0.25) is 0 Å². The van der Waals surface area contributed by atoms with Crippen molar-refractivity contribution in [2.45, 2.75) is 31.6 Å². The van der Waals surface area contributed by atoms with Crippen LogP contribution in [0.3, 0.4) is 0 Å². The maximum absolute atomic E-state index is 13.0. The van der Waals surface area contributed by atoms with Crippen LogP contribution in [0.1, 0.15) is 25.3 Å². The molecule has 0 aliphatic rings. The van der Waals surface area contributed by atoms with Crippen molar-refractivity contribution in [1.82, 2.24) is 0 Å². The quantitative estimate of drug-likeness (QED) is 0.743. The number of benzene rings is 2. The van der Waals surface area contributed by atoms with Crippen molar-refractivity contribution in [3.8, 4) is 0 Å². The second kappa shape index (κ2) is 7.93. The van der Waals surface area contributed by atoms with Gasteiger partial charge in [-0.05, 0) is 37.6 Å². The summed E-state index contributed by atoms with van der Waals surface area (Å²) < 4.78 is 26.8. The third kappa shape index (κ3) is 4.11. The number of anilines is 1. The van der Waals surface area contributed by atoms with Gasteiger partial charge in [0.1, 0.15) is 0 Å². The van der Waals surface area contributed by atoms with E-state index < -0.39 is 15.9 Å². The van der Waals surface area contributed by atoms with Crippen molar-refractivity contribution >= 4 is 21.6 Å².